The van der Waals surface area contributed by atoms with Crippen LogP contribution < -0.4 is 5.32 Å². The van der Waals surface area contributed by atoms with Gasteiger partial charge in [-0.3, -0.25) is 4.99 Å². The number of rotatable bonds is 6. The largest absolute Gasteiger partial charge is 0.373 e. The monoisotopic (exact) mass is 403 g/mol. The van der Waals surface area contributed by atoms with Crippen molar-refractivity contribution in [2.45, 2.75) is 19.1 Å². The molecule has 1 fully saturated rings. The van der Waals surface area contributed by atoms with Crippen LogP contribution in [0.2, 0.25) is 0 Å². The molecular formula is C24H29N5O. The number of para-hydroxylation sites is 1. The third kappa shape index (κ3) is 4.71. The molecule has 1 aromatic heterocycles. The van der Waals surface area contributed by atoms with Gasteiger partial charge >= 0.3 is 0 Å². The average molecular weight is 404 g/mol. The minimum atomic E-state index is 0.145. The van der Waals surface area contributed by atoms with E-state index in [4.69, 9.17) is 4.74 Å². The Kier molecular flexibility index (Phi) is 6.44. The fourth-order valence-corrected chi connectivity index (χ4v) is 3.97. The van der Waals surface area contributed by atoms with Gasteiger partial charge in [-0.05, 0) is 24.1 Å². The molecule has 2 aromatic carbocycles. The second-order valence-electron chi connectivity index (χ2n) is 7.66. The standard InChI is InChI=1S/C24H29N5O/c1-25-24(26-16-21-13-14-30-23(21)20-9-5-3-6-10-20)28(2)17-19-15-27-29(18-19)22-11-7-4-8-12-22/h3-12,15,18,21,23H,13-14,16-17H2,1-2H3,(H,25,26). The van der Waals surface area contributed by atoms with E-state index in [0.29, 0.717) is 5.92 Å². The zero-order valence-electron chi connectivity index (χ0n) is 17.6. The molecule has 0 aliphatic carbocycles. The van der Waals surface area contributed by atoms with Crippen molar-refractivity contribution in [1.29, 1.82) is 0 Å². The summed E-state index contributed by atoms with van der Waals surface area (Å²) in [5, 5.41) is 8.03. The van der Waals surface area contributed by atoms with Gasteiger partial charge in [-0.25, -0.2) is 4.68 Å². The smallest absolute Gasteiger partial charge is 0.193 e. The summed E-state index contributed by atoms with van der Waals surface area (Å²) in [5.74, 6) is 1.31. The topological polar surface area (TPSA) is 54.7 Å². The number of ether oxygens (including phenoxy) is 1. The Hall–Kier alpha value is -3.12. The molecule has 0 radical (unpaired) electrons. The molecule has 2 heterocycles. The Labute approximate surface area is 178 Å². The minimum absolute atomic E-state index is 0.145. The SMILES string of the molecule is CN=C(NCC1CCOC1c1ccccc1)N(C)Cc1cnn(-c2ccccc2)c1. The lowest BCUT2D eigenvalue weighted by Gasteiger charge is -2.25. The molecule has 0 spiro atoms. The molecule has 30 heavy (non-hydrogen) atoms. The fraction of sp³-hybridized carbons (Fsp3) is 0.333. The lowest BCUT2D eigenvalue weighted by Crippen LogP contribution is -2.41. The van der Waals surface area contributed by atoms with E-state index in [1.807, 2.05) is 54.3 Å². The van der Waals surface area contributed by atoms with Gasteiger partial charge in [0.15, 0.2) is 5.96 Å². The number of benzene rings is 2. The van der Waals surface area contributed by atoms with E-state index in [2.05, 4.69) is 57.8 Å². The zero-order chi connectivity index (χ0) is 20.8. The first-order chi connectivity index (χ1) is 14.7. The highest BCUT2D eigenvalue weighted by atomic mass is 16.5. The van der Waals surface area contributed by atoms with Crippen molar-refractivity contribution in [2.24, 2.45) is 10.9 Å². The van der Waals surface area contributed by atoms with Gasteiger partial charge in [0.25, 0.3) is 0 Å². The van der Waals surface area contributed by atoms with Crippen LogP contribution in [-0.4, -0.2) is 47.9 Å². The first-order valence-electron chi connectivity index (χ1n) is 10.4. The average Bonchev–Trinajstić information content (AvgIpc) is 3.45. The van der Waals surface area contributed by atoms with Crippen LogP contribution in [0.5, 0.6) is 0 Å². The zero-order valence-corrected chi connectivity index (χ0v) is 17.6. The number of nitrogens with zero attached hydrogens (tertiary/aromatic N) is 4. The highest BCUT2D eigenvalue weighted by Crippen LogP contribution is 2.33. The summed E-state index contributed by atoms with van der Waals surface area (Å²) in [4.78, 5) is 6.60. The van der Waals surface area contributed by atoms with Crippen molar-refractivity contribution in [1.82, 2.24) is 20.0 Å². The normalized spacial score (nSPS) is 19.1. The number of aromatic nitrogens is 2. The first kappa shape index (κ1) is 20.2. The summed E-state index contributed by atoms with van der Waals surface area (Å²) in [6.07, 6.45) is 5.17. The van der Waals surface area contributed by atoms with Gasteiger partial charge in [0.1, 0.15) is 0 Å². The fourth-order valence-electron chi connectivity index (χ4n) is 3.97. The number of hydrogen-bond donors (Lipinski definition) is 1. The van der Waals surface area contributed by atoms with Crippen LogP contribution in [0.3, 0.4) is 0 Å². The summed E-state index contributed by atoms with van der Waals surface area (Å²) in [6, 6.07) is 20.6. The predicted octanol–water partition coefficient (Wildman–Crippen LogP) is 3.66. The molecule has 6 nitrogen and oxygen atoms in total. The molecule has 0 amide bonds. The van der Waals surface area contributed by atoms with Crippen LogP contribution in [0.4, 0.5) is 0 Å². The number of hydrogen-bond acceptors (Lipinski definition) is 3. The molecule has 2 unspecified atom stereocenters. The van der Waals surface area contributed by atoms with Gasteiger partial charge in [-0.1, -0.05) is 48.5 Å². The van der Waals surface area contributed by atoms with Crippen molar-refractivity contribution in [2.75, 3.05) is 27.2 Å². The Morgan fingerprint density at radius 3 is 2.63 bits per heavy atom. The molecule has 156 valence electrons. The maximum Gasteiger partial charge on any atom is 0.193 e. The lowest BCUT2D eigenvalue weighted by atomic mass is 9.95. The first-order valence-corrected chi connectivity index (χ1v) is 10.4. The van der Waals surface area contributed by atoms with Crippen LogP contribution >= 0.6 is 0 Å². The van der Waals surface area contributed by atoms with Crippen molar-refractivity contribution in [3.05, 3.63) is 84.2 Å². The summed E-state index contributed by atoms with van der Waals surface area (Å²) >= 11 is 0. The summed E-state index contributed by atoms with van der Waals surface area (Å²) in [7, 11) is 3.88. The summed E-state index contributed by atoms with van der Waals surface area (Å²) in [6.45, 7) is 2.37. The van der Waals surface area contributed by atoms with Crippen molar-refractivity contribution in [3.63, 3.8) is 0 Å². The maximum atomic E-state index is 6.01. The van der Waals surface area contributed by atoms with Crippen molar-refractivity contribution in [3.8, 4) is 5.69 Å². The predicted molar refractivity (Wildman–Crippen MR) is 120 cm³/mol. The van der Waals surface area contributed by atoms with E-state index < -0.39 is 0 Å². The third-order valence-corrected chi connectivity index (χ3v) is 5.51. The highest BCUT2D eigenvalue weighted by Gasteiger charge is 2.29. The summed E-state index contributed by atoms with van der Waals surface area (Å²) < 4.78 is 7.92. The van der Waals surface area contributed by atoms with Crippen LogP contribution in [0.15, 0.2) is 78.0 Å². The van der Waals surface area contributed by atoms with Gasteiger partial charge in [0.05, 0.1) is 18.0 Å². The van der Waals surface area contributed by atoms with Crippen molar-refractivity contribution < 1.29 is 4.74 Å². The number of nitrogens with one attached hydrogen (secondary N) is 1. The van der Waals surface area contributed by atoms with E-state index in [9.17, 15) is 0 Å². The van der Waals surface area contributed by atoms with Gasteiger partial charge in [-0.15, -0.1) is 0 Å². The van der Waals surface area contributed by atoms with Crippen LogP contribution in [0, 0.1) is 5.92 Å². The Balaban J connectivity index is 1.34. The molecule has 0 bridgehead atoms. The molecule has 2 atom stereocenters. The van der Waals surface area contributed by atoms with E-state index in [0.717, 1.165) is 43.3 Å². The van der Waals surface area contributed by atoms with Crippen molar-refractivity contribution >= 4 is 5.96 Å². The van der Waals surface area contributed by atoms with E-state index in [1.54, 1.807) is 0 Å². The van der Waals surface area contributed by atoms with Crippen LogP contribution in [-0.2, 0) is 11.3 Å². The molecular weight excluding hydrogens is 374 g/mol. The minimum Gasteiger partial charge on any atom is -0.373 e. The van der Waals surface area contributed by atoms with Crippen LogP contribution in [0.1, 0.15) is 23.7 Å². The molecule has 0 saturated carbocycles. The third-order valence-electron chi connectivity index (χ3n) is 5.51. The molecule has 4 rings (SSSR count). The lowest BCUT2D eigenvalue weighted by molar-refractivity contribution is 0.0914. The summed E-state index contributed by atoms with van der Waals surface area (Å²) in [5.41, 5.74) is 3.44. The maximum absolute atomic E-state index is 6.01. The Morgan fingerprint density at radius 1 is 1.17 bits per heavy atom. The van der Waals surface area contributed by atoms with E-state index in [-0.39, 0.29) is 6.10 Å². The molecule has 1 aliphatic heterocycles. The number of guanidine groups is 1. The van der Waals surface area contributed by atoms with Gasteiger partial charge in [-0.2, -0.15) is 5.10 Å². The van der Waals surface area contributed by atoms with Gasteiger partial charge < -0.3 is 15.0 Å². The quantitative estimate of drug-likeness (QED) is 0.504. The van der Waals surface area contributed by atoms with Gasteiger partial charge in [0, 0.05) is 51.5 Å². The molecule has 1 saturated heterocycles. The molecule has 3 aromatic rings. The second-order valence-corrected chi connectivity index (χ2v) is 7.66. The molecule has 1 aliphatic rings. The number of aliphatic imine (C=N–C) groups is 1. The van der Waals surface area contributed by atoms with Gasteiger partial charge in [0.2, 0.25) is 0 Å². The van der Waals surface area contributed by atoms with E-state index >= 15 is 0 Å². The Bertz CT molecular complexity index is 954. The molecule has 6 heteroatoms. The van der Waals surface area contributed by atoms with Crippen LogP contribution in [0.25, 0.3) is 5.69 Å². The second kappa shape index (κ2) is 9.59. The molecule has 1 N–H and O–H groups in total. The highest BCUT2D eigenvalue weighted by molar-refractivity contribution is 5.79. The Morgan fingerprint density at radius 2 is 1.90 bits per heavy atom. The van der Waals surface area contributed by atoms with E-state index in [1.165, 1.54) is 5.56 Å².